The molecule has 0 spiro atoms. The van der Waals surface area contributed by atoms with E-state index >= 15 is 0 Å². The Morgan fingerprint density at radius 3 is 2.83 bits per heavy atom. The summed E-state index contributed by atoms with van der Waals surface area (Å²) in [4.78, 5) is 20.4. The van der Waals surface area contributed by atoms with Crippen molar-refractivity contribution in [1.82, 2.24) is 15.1 Å². The van der Waals surface area contributed by atoms with E-state index in [0.29, 0.717) is 19.1 Å². The number of likely N-dealkylation sites (tertiary alicyclic amines) is 1. The number of benzene rings is 1. The van der Waals surface area contributed by atoms with Crippen molar-refractivity contribution in [3.05, 3.63) is 60.1 Å². The van der Waals surface area contributed by atoms with Crippen LogP contribution in [-0.2, 0) is 22.6 Å². The van der Waals surface area contributed by atoms with Gasteiger partial charge in [-0.15, -0.1) is 0 Å². The van der Waals surface area contributed by atoms with Crippen molar-refractivity contribution in [2.75, 3.05) is 46.9 Å². The molecular formula is C23H32N4O3. The SMILES string of the molecule is CN(C)C(=O)CN=C(NCCc1ccco1)N1CCC(COCc2ccccc2)C1. The van der Waals surface area contributed by atoms with Crippen LogP contribution in [0.5, 0.6) is 0 Å². The first-order valence-corrected chi connectivity index (χ1v) is 10.5. The number of nitrogens with one attached hydrogen (secondary N) is 1. The van der Waals surface area contributed by atoms with Crippen LogP contribution in [0.2, 0.25) is 0 Å². The molecule has 1 N–H and O–H groups in total. The summed E-state index contributed by atoms with van der Waals surface area (Å²) in [7, 11) is 3.50. The Morgan fingerprint density at radius 1 is 1.27 bits per heavy atom. The molecule has 0 saturated carbocycles. The minimum atomic E-state index is -0.0118. The van der Waals surface area contributed by atoms with Crippen molar-refractivity contribution < 1.29 is 13.9 Å². The number of amides is 1. The second-order valence-corrected chi connectivity index (χ2v) is 7.79. The van der Waals surface area contributed by atoms with Crippen molar-refractivity contribution in [3.63, 3.8) is 0 Å². The third-order valence-corrected chi connectivity index (χ3v) is 5.15. The molecule has 1 fully saturated rings. The molecule has 7 heteroatoms. The minimum absolute atomic E-state index is 0.0118. The summed E-state index contributed by atoms with van der Waals surface area (Å²) in [6.07, 6.45) is 3.50. The summed E-state index contributed by atoms with van der Waals surface area (Å²) in [5, 5.41) is 3.40. The highest BCUT2D eigenvalue weighted by atomic mass is 16.5. The van der Waals surface area contributed by atoms with Crippen LogP contribution in [0.15, 0.2) is 58.1 Å². The molecular weight excluding hydrogens is 380 g/mol. The normalized spacial score (nSPS) is 16.7. The van der Waals surface area contributed by atoms with E-state index in [4.69, 9.17) is 9.15 Å². The van der Waals surface area contributed by atoms with Crippen molar-refractivity contribution in [3.8, 4) is 0 Å². The highest BCUT2D eigenvalue weighted by molar-refractivity contribution is 5.85. The van der Waals surface area contributed by atoms with Crippen LogP contribution < -0.4 is 5.32 Å². The Morgan fingerprint density at radius 2 is 2.10 bits per heavy atom. The molecule has 162 valence electrons. The monoisotopic (exact) mass is 412 g/mol. The first kappa shape index (κ1) is 21.9. The van der Waals surface area contributed by atoms with Crippen molar-refractivity contribution in [2.45, 2.75) is 19.4 Å². The lowest BCUT2D eigenvalue weighted by atomic mass is 10.1. The fourth-order valence-electron chi connectivity index (χ4n) is 3.38. The van der Waals surface area contributed by atoms with Gasteiger partial charge in [-0.1, -0.05) is 30.3 Å². The van der Waals surface area contributed by atoms with Gasteiger partial charge in [0.2, 0.25) is 5.91 Å². The zero-order valence-electron chi connectivity index (χ0n) is 17.9. The molecule has 7 nitrogen and oxygen atoms in total. The maximum absolute atomic E-state index is 12.0. The maximum Gasteiger partial charge on any atom is 0.243 e. The van der Waals surface area contributed by atoms with E-state index in [0.717, 1.165) is 44.3 Å². The van der Waals surface area contributed by atoms with E-state index in [1.807, 2.05) is 30.3 Å². The van der Waals surface area contributed by atoms with Crippen LogP contribution in [0.4, 0.5) is 0 Å². The quantitative estimate of drug-likeness (QED) is 0.506. The highest BCUT2D eigenvalue weighted by Gasteiger charge is 2.25. The first-order chi connectivity index (χ1) is 14.6. The zero-order valence-corrected chi connectivity index (χ0v) is 17.9. The molecule has 1 unspecified atom stereocenters. The number of carbonyl (C=O) groups excluding carboxylic acids is 1. The number of furan rings is 1. The predicted octanol–water partition coefficient (Wildman–Crippen LogP) is 2.39. The number of likely N-dealkylation sites (N-methyl/N-ethyl adjacent to an activating group) is 1. The van der Waals surface area contributed by atoms with E-state index in [1.54, 1.807) is 25.3 Å². The topological polar surface area (TPSA) is 70.3 Å². The number of hydrogen-bond acceptors (Lipinski definition) is 4. The van der Waals surface area contributed by atoms with Gasteiger partial charge in [0.15, 0.2) is 5.96 Å². The minimum Gasteiger partial charge on any atom is -0.469 e. The molecule has 0 radical (unpaired) electrons. The predicted molar refractivity (Wildman–Crippen MR) is 117 cm³/mol. The largest absolute Gasteiger partial charge is 0.469 e. The molecule has 1 atom stereocenters. The van der Waals surface area contributed by atoms with Gasteiger partial charge in [0.05, 0.1) is 19.5 Å². The zero-order chi connectivity index (χ0) is 21.2. The summed E-state index contributed by atoms with van der Waals surface area (Å²) < 4.78 is 11.3. The van der Waals surface area contributed by atoms with E-state index in [-0.39, 0.29) is 12.5 Å². The molecule has 1 saturated heterocycles. The van der Waals surface area contributed by atoms with Gasteiger partial charge in [0.25, 0.3) is 0 Å². The molecule has 2 heterocycles. The number of aliphatic imine (C=N–C) groups is 1. The van der Waals surface area contributed by atoms with Crippen LogP contribution >= 0.6 is 0 Å². The Hall–Kier alpha value is -2.80. The molecule has 1 aliphatic heterocycles. The molecule has 1 aliphatic rings. The number of guanidine groups is 1. The summed E-state index contributed by atoms with van der Waals surface area (Å²) >= 11 is 0. The van der Waals surface area contributed by atoms with Crippen LogP contribution in [-0.4, -0.2) is 68.5 Å². The molecule has 2 aromatic rings. The number of carbonyl (C=O) groups is 1. The summed E-state index contributed by atoms with van der Waals surface area (Å²) in [5.41, 5.74) is 1.19. The summed E-state index contributed by atoms with van der Waals surface area (Å²) in [6, 6.07) is 14.1. The third kappa shape index (κ3) is 6.91. The smallest absolute Gasteiger partial charge is 0.243 e. The molecule has 1 aromatic carbocycles. The van der Waals surface area contributed by atoms with Crippen LogP contribution in [0.3, 0.4) is 0 Å². The summed E-state index contributed by atoms with van der Waals surface area (Å²) in [5.74, 6) is 2.15. The summed E-state index contributed by atoms with van der Waals surface area (Å²) in [6.45, 7) is 3.98. The Kier molecular flexibility index (Phi) is 8.32. The number of nitrogens with zero attached hydrogens (tertiary/aromatic N) is 3. The van der Waals surface area contributed by atoms with Crippen LogP contribution in [0.1, 0.15) is 17.7 Å². The van der Waals surface area contributed by atoms with Gasteiger partial charge in [-0.3, -0.25) is 4.79 Å². The van der Waals surface area contributed by atoms with Gasteiger partial charge in [-0.05, 0) is 24.1 Å². The molecule has 3 rings (SSSR count). The lowest BCUT2D eigenvalue weighted by Crippen LogP contribution is -2.42. The molecule has 0 bridgehead atoms. The van der Waals surface area contributed by atoms with Gasteiger partial charge in [-0.25, -0.2) is 4.99 Å². The average molecular weight is 413 g/mol. The average Bonchev–Trinajstić information content (AvgIpc) is 3.43. The highest BCUT2D eigenvalue weighted by Crippen LogP contribution is 2.17. The standard InChI is InChI=1S/C23H32N4O3/c1-26(2)22(28)15-25-23(24-12-10-21-9-6-14-30-21)27-13-11-20(16-27)18-29-17-19-7-4-3-5-8-19/h3-9,14,20H,10-13,15-18H2,1-2H3,(H,24,25). The van der Waals surface area contributed by atoms with E-state index in [2.05, 4.69) is 27.3 Å². The fourth-order valence-corrected chi connectivity index (χ4v) is 3.38. The number of hydrogen-bond donors (Lipinski definition) is 1. The van der Waals surface area contributed by atoms with Gasteiger partial charge in [-0.2, -0.15) is 0 Å². The van der Waals surface area contributed by atoms with Gasteiger partial charge < -0.3 is 24.3 Å². The second-order valence-electron chi connectivity index (χ2n) is 7.79. The molecule has 30 heavy (non-hydrogen) atoms. The number of rotatable bonds is 9. The van der Waals surface area contributed by atoms with E-state index < -0.39 is 0 Å². The van der Waals surface area contributed by atoms with E-state index in [1.165, 1.54) is 5.56 Å². The van der Waals surface area contributed by atoms with E-state index in [9.17, 15) is 4.79 Å². The lowest BCUT2D eigenvalue weighted by Gasteiger charge is -2.22. The van der Waals surface area contributed by atoms with Gasteiger partial charge in [0, 0.05) is 46.1 Å². The first-order valence-electron chi connectivity index (χ1n) is 10.5. The number of ether oxygens (including phenoxy) is 1. The van der Waals surface area contributed by atoms with Crippen LogP contribution in [0.25, 0.3) is 0 Å². The Bertz CT molecular complexity index is 790. The second kappa shape index (κ2) is 11.4. The molecule has 1 aromatic heterocycles. The maximum atomic E-state index is 12.0. The lowest BCUT2D eigenvalue weighted by molar-refractivity contribution is -0.127. The fraction of sp³-hybridized carbons (Fsp3) is 0.478. The van der Waals surface area contributed by atoms with Gasteiger partial charge >= 0.3 is 0 Å². The Labute approximate surface area is 178 Å². The van der Waals surface area contributed by atoms with Crippen molar-refractivity contribution in [2.24, 2.45) is 10.9 Å². The molecule has 1 amide bonds. The van der Waals surface area contributed by atoms with Crippen molar-refractivity contribution >= 4 is 11.9 Å². The van der Waals surface area contributed by atoms with Gasteiger partial charge in [0.1, 0.15) is 12.3 Å². The van der Waals surface area contributed by atoms with Crippen LogP contribution in [0, 0.1) is 5.92 Å². The molecule has 0 aliphatic carbocycles. The third-order valence-electron chi connectivity index (χ3n) is 5.15. The Balaban J connectivity index is 1.50. The van der Waals surface area contributed by atoms with Crippen molar-refractivity contribution in [1.29, 1.82) is 0 Å².